The lowest BCUT2D eigenvalue weighted by molar-refractivity contribution is 0.318. The number of hydrogen-bond donors (Lipinski definition) is 2. The van der Waals surface area contributed by atoms with Gasteiger partial charge in [-0.2, -0.15) is 0 Å². The summed E-state index contributed by atoms with van der Waals surface area (Å²) in [5.41, 5.74) is 2.35. The third-order valence-corrected chi connectivity index (χ3v) is 2.17. The molecule has 62 valence electrons. The fourth-order valence-electron chi connectivity index (χ4n) is 1.61. The summed E-state index contributed by atoms with van der Waals surface area (Å²) in [6.45, 7) is 0. The third-order valence-electron chi connectivity index (χ3n) is 2.17. The van der Waals surface area contributed by atoms with Crippen LogP contribution in [0.5, 0.6) is 5.75 Å². The number of aromatic hydroxyl groups is 1. The Balaban J connectivity index is 2.63. The van der Waals surface area contributed by atoms with Crippen LogP contribution < -0.4 is 0 Å². The van der Waals surface area contributed by atoms with Crippen LogP contribution in [0, 0.1) is 0 Å². The Labute approximate surface area is 70.0 Å². The van der Waals surface area contributed by atoms with Crippen LogP contribution in [-0.2, 0) is 6.42 Å². The van der Waals surface area contributed by atoms with Gasteiger partial charge in [-0.15, -0.1) is 0 Å². The van der Waals surface area contributed by atoms with E-state index in [0.29, 0.717) is 17.7 Å². The molecule has 0 saturated heterocycles. The number of phenolic OH excluding ortho intramolecular Hbond substituents is 1. The van der Waals surface area contributed by atoms with Crippen LogP contribution in [0.15, 0.2) is 23.4 Å². The van der Waals surface area contributed by atoms with Gasteiger partial charge in [0.25, 0.3) is 0 Å². The monoisotopic (exact) mass is 163 g/mol. The van der Waals surface area contributed by atoms with E-state index in [1.54, 1.807) is 12.1 Å². The summed E-state index contributed by atoms with van der Waals surface area (Å²) in [6.07, 6.45) is 1.56. The van der Waals surface area contributed by atoms with Gasteiger partial charge >= 0.3 is 0 Å². The van der Waals surface area contributed by atoms with Crippen molar-refractivity contribution < 1.29 is 10.3 Å². The zero-order valence-corrected chi connectivity index (χ0v) is 6.49. The molecule has 3 heteroatoms. The molecule has 1 aromatic rings. The van der Waals surface area contributed by atoms with E-state index in [0.717, 1.165) is 12.0 Å². The molecule has 0 radical (unpaired) electrons. The lowest BCUT2D eigenvalue weighted by atomic mass is 10.1. The van der Waals surface area contributed by atoms with E-state index in [9.17, 15) is 5.11 Å². The molecule has 2 rings (SSSR count). The SMILES string of the molecule is O/N=C1/CCc2cccc(O)c21. The highest BCUT2D eigenvalue weighted by Gasteiger charge is 2.20. The number of oxime groups is 1. The highest BCUT2D eigenvalue weighted by atomic mass is 16.4. The second-order valence-corrected chi connectivity index (χ2v) is 2.86. The minimum absolute atomic E-state index is 0.206. The number of nitrogens with zero attached hydrogens (tertiary/aromatic N) is 1. The van der Waals surface area contributed by atoms with Crippen molar-refractivity contribution in [1.82, 2.24) is 0 Å². The summed E-state index contributed by atoms with van der Waals surface area (Å²) in [7, 11) is 0. The predicted octanol–water partition coefficient (Wildman–Crippen LogP) is 1.52. The van der Waals surface area contributed by atoms with Gasteiger partial charge in [0.1, 0.15) is 5.75 Å². The lowest BCUT2D eigenvalue weighted by Gasteiger charge is -2.00. The molecule has 0 bridgehead atoms. The molecule has 1 aromatic carbocycles. The fourth-order valence-corrected chi connectivity index (χ4v) is 1.61. The first-order valence-corrected chi connectivity index (χ1v) is 3.85. The van der Waals surface area contributed by atoms with Crippen molar-refractivity contribution in [3.05, 3.63) is 29.3 Å². The van der Waals surface area contributed by atoms with E-state index < -0.39 is 0 Å². The third kappa shape index (κ3) is 0.863. The number of phenols is 1. The number of fused-ring (bicyclic) bond motifs is 1. The highest BCUT2D eigenvalue weighted by Crippen LogP contribution is 2.29. The Bertz CT molecular complexity index is 344. The van der Waals surface area contributed by atoms with E-state index in [1.807, 2.05) is 6.07 Å². The molecule has 3 nitrogen and oxygen atoms in total. The molecule has 0 atom stereocenters. The Morgan fingerprint density at radius 3 is 2.83 bits per heavy atom. The maximum atomic E-state index is 9.44. The topological polar surface area (TPSA) is 52.8 Å². The van der Waals surface area contributed by atoms with Gasteiger partial charge in [-0.3, -0.25) is 0 Å². The molecular formula is C9H9NO2. The van der Waals surface area contributed by atoms with Gasteiger partial charge in [0, 0.05) is 5.56 Å². The van der Waals surface area contributed by atoms with E-state index in [1.165, 1.54) is 0 Å². The van der Waals surface area contributed by atoms with Crippen LogP contribution in [0.3, 0.4) is 0 Å². The molecule has 12 heavy (non-hydrogen) atoms. The smallest absolute Gasteiger partial charge is 0.125 e. The van der Waals surface area contributed by atoms with E-state index in [2.05, 4.69) is 5.16 Å². The molecule has 0 spiro atoms. The summed E-state index contributed by atoms with van der Waals surface area (Å²) in [5, 5.41) is 21.2. The van der Waals surface area contributed by atoms with E-state index in [-0.39, 0.29) is 5.75 Å². The van der Waals surface area contributed by atoms with Crippen LogP contribution >= 0.6 is 0 Å². The predicted molar refractivity (Wildman–Crippen MR) is 44.8 cm³/mol. The van der Waals surface area contributed by atoms with Gasteiger partial charge in [-0.25, -0.2) is 0 Å². The van der Waals surface area contributed by atoms with Crippen LogP contribution in [0.4, 0.5) is 0 Å². The molecule has 2 N–H and O–H groups in total. The molecule has 0 amide bonds. The van der Waals surface area contributed by atoms with Crippen LogP contribution in [0.25, 0.3) is 0 Å². The second kappa shape index (κ2) is 2.52. The molecular weight excluding hydrogens is 154 g/mol. The molecule has 0 fully saturated rings. The second-order valence-electron chi connectivity index (χ2n) is 2.86. The maximum absolute atomic E-state index is 9.44. The molecule has 0 saturated carbocycles. The fraction of sp³-hybridized carbons (Fsp3) is 0.222. The summed E-state index contributed by atoms with van der Waals surface area (Å²) < 4.78 is 0. The Kier molecular flexibility index (Phi) is 1.50. The Morgan fingerprint density at radius 1 is 1.25 bits per heavy atom. The van der Waals surface area contributed by atoms with Crippen LogP contribution in [0.2, 0.25) is 0 Å². The minimum atomic E-state index is 0.206. The summed E-state index contributed by atoms with van der Waals surface area (Å²) in [5.74, 6) is 0.206. The van der Waals surface area contributed by atoms with Crippen molar-refractivity contribution >= 4 is 5.71 Å². The average molecular weight is 163 g/mol. The Morgan fingerprint density at radius 2 is 2.08 bits per heavy atom. The quantitative estimate of drug-likeness (QED) is 0.450. The molecule has 0 aromatic heterocycles. The van der Waals surface area contributed by atoms with Crippen LogP contribution in [0.1, 0.15) is 17.5 Å². The first kappa shape index (κ1) is 7.16. The molecule has 0 heterocycles. The normalized spacial score (nSPS) is 18.2. The van der Waals surface area contributed by atoms with Gasteiger partial charge in [-0.05, 0) is 24.5 Å². The van der Waals surface area contributed by atoms with Gasteiger partial charge in [0.2, 0.25) is 0 Å². The van der Waals surface area contributed by atoms with Gasteiger partial charge < -0.3 is 10.3 Å². The highest BCUT2D eigenvalue weighted by molar-refractivity contribution is 6.06. The molecule has 1 aliphatic carbocycles. The van der Waals surface area contributed by atoms with Crippen molar-refractivity contribution in [3.8, 4) is 5.75 Å². The number of rotatable bonds is 0. The summed E-state index contributed by atoms with van der Waals surface area (Å²) in [6, 6.07) is 5.34. The first-order valence-electron chi connectivity index (χ1n) is 3.85. The van der Waals surface area contributed by atoms with E-state index >= 15 is 0 Å². The van der Waals surface area contributed by atoms with Crippen molar-refractivity contribution in [3.63, 3.8) is 0 Å². The van der Waals surface area contributed by atoms with Gasteiger partial charge in [0.15, 0.2) is 0 Å². The average Bonchev–Trinajstić information content (AvgIpc) is 2.49. The van der Waals surface area contributed by atoms with Gasteiger partial charge in [-0.1, -0.05) is 17.3 Å². The number of aryl methyl sites for hydroxylation is 1. The number of benzene rings is 1. The Hall–Kier alpha value is -1.51. The summed E-state index contributed by atoms with van der Waals surface area (Å²) in [4.78, 5) is 0. The standard InChI is InChI=1S/C9H9NO2/c11-8-3-1-2-6-4-5-7(10-12)9(6)8/h1-3,11-12H,4-5H2/b10-7-. The zero-order valence-electron chi connectivity index (χ0n) is 6.49. The van der Waals surface area contributed by atoms with E-state index in [4.69, 9.17) is 5.21 Å². The molecule has 0 unspecified atom stereocenters. The van der Waals surface area contributed by atoms with Gasteiger partial charge in [0.05, 0.1) is 5.71 Å². The molecule has 0 aliphatic heterocycles. The van der Waals surface area contributed by atoms with Crippen LogP contribution in [-0.4, -0.2) is 16.0 Å². The minimum Gasteiger partial charge on any atom is -0.507 e. The van der Waals surface area contributed by atoms with Crippen molar-refractivity contribution in [2.75, 3.05) is 0 Å². The van der Waals surface area contributed by atoms with Crippen molar-refractivity contribution in [2.45, 2.75) is 12.8 Å². The first-order chi connectivity index (χ1) is 5.83. The number of hydrogen-bond acceptors (Lipinski definition) is 3. The largest absolute Gasteiger partial charge is 0.507 e. The van der Waals surface area contributed by atoms with Crippen molar-refractivity contribution in [2.24, 2.45) is 5.16 Å². The zero-order chi connectivity index (χ0) is 8.55. The lowest BCUT2D eigenvalue weighted by Crippen LogP contribution is -1.93. The molecule has 1 aliphatic rings. The maximum Gasteiger partial charge on any atom is 0.125 e. The van der Waals surface area contributed by atoms with Crippen molar-refractivity contribution in [1.29, 1.82) is 0 Å². The summed E-state index contributed by atoms with van der Waals surface area (Å²) >= 11 is 0.